The van der Waals surface area contributed by atoms with Gasteiger partial charge in [0.15, 0.2) is 0 Å². The molecule has 3 rings (SSSR count). The lowest BCUT2D eigenvalue weighted by Crippen LogP contribution is -2.08. The fourth-order valence-corrected chi connectivity index (χ4v) is 2.85. The Morgan fingerprint density at radius 3 is 1.94 bits per heavy atom. The van der Waals surface area contributed by atoms with Gasteiger partial charge in [0.25, 0.3) is 0 Å². The highest BCUT2D eigenvalue weighted by molar-refractivity contribution is 6.27. The Morgan fingerprint density at radius 1 is 0.882 bits per heavy atom. The highest BCUT2D eigenvalue weighted by atomic mass is 28.3. The van der Waals surface area contributed by atoms with Crippen molar-refractivity contribution in [2.24, 2.45) is 0 Å². The Labute approximate surface area is 106 Å². The Kier molecular flexibility index (Phi) is 2.94. The smallest absolute Gasteiger partial charge is 0.422 e. The van der Waals surface area contributed by atoms with E-state index in [1.165, 1.54) is 22.3 Å². The predicted molar refractivity (Wildman–Crippen MR) is 67.4 cm³/mol. The molecule has 2 aromatic carbocycles. The van der Waals surface area contributed by atoms with E-state index in [1.807, 2.05) is 12.1 Å². The van der Waals surface area contributed by atoms with Gasteiger partial charge in [-0.2, -0.15) is 0 Å². The van der Waals surface area contributed by atoms with Crippen LogP contribution in [-0.2, 0) is 8.54 Å². The number of hydrogen-bond acceptors (Lipinski definition) is 2. The van der Waals surface area contributed by atoms with Crippen LogP contribution in [-0.4, -0.2) is 20.5 Å². The summed E-state index contributed by atoms with van der Waals surface area (Å²) >= 11 is 0. The van der Waals surface area contributed by atoms with Gasteiger partial charge in [-0.3, -0.25) is 0 Å². The molecule has 0 aliphatic heterocycles. The molecular formula is C13H9O2Si2. The van der Waals surface area contributed by atoms with Gasteiger partial charge in [0.1, 0.15) is 0 Å². The molecule has 0 amide bonds. The first-order valence-electron chi connectivity index (χ1n) is 5.33. The van der Waals surface area contributed by atoms with E-state index in [2.05, 4.69) is 46.9 Å². The van der Waals surface area contributed by atoms with Crippen LogP contribution in [0.25, 0.3) is 11.1 Å². The maximum absolute atomic E-state index is 5.76. The minimum absolute atomic E-state index is 0.0135. The van der Waals surface area contributed by atoms with E-state index in [4.69, 9.17) is 8.54 Å². The zero-order valence-electron chi connectivity index (χ0n) is 9.01. The van der Waals surface area contributed by atoms with Gasteiger partial charge in [0.2, 0.25) is 10.5 Å². The molecule has 0 saturated heterocycles. The second-order valence-electron chi connectivity index (χ2n) is 3.86. The summed E-state index contributed by atoms with van der Waals surface area (Å²) in [5.41, 5.74) is 4.94. The van der Waals surface area contributed by atoms with Crippen molar-refractivity contribution in [1.29, 1.82) is 0 Å². The summed E-state index contributed by atoms with van der Waals surface area (Å²) in [5.74, 6) is 0. The van der Waals surface area contributed by atoms with Gasteiger partial charge >= 0.3 is 10.0 Å². The number of hydrogen-bond donors (Lipinski definition) is 0. The highest BCUT2D eigenvalue weighted by Gasteiger charge is 2.28. The molecule has 0 unspecified atom stereocenters. The van der Waals surface area contributed by atoms with Crippen molar-refractivity contribution in [3.63, 3.8) is 0 Å². The molecule has 0 N–H and O–H groups in total. The van der Waals surface area contributed by atoms with Crippen LogP contribution in [0.15, 0.2) is 48.5 Å². The zero-order chi connectivity index (χ0) is 11.7. The van der Waals surface area contributed by atoms with Crippen molar-refractivity contribution in [3.05, 3.63) is 59.7 Å². The first-order chi connectivity index (χ1) is 8.42. The average Bonchev–Trinajstić information content (AvgIpc) is 2.71. The highest BCUT2D eigenvalue weighted by Crippen LogP contribution is 2.44. The summed E-state index contributed by atoms with van der Waals surface area (Å²) in [6.07, 6.45) is -0.0166. The summed E-state index contributed by atoms with van der Waals surface area (Å²) in [6.45, 7) is 0. The molecule has 0 bridgehead atoms. The van der Waals surface area contributed by atoms with E-state index >= 15 is 0 Å². The van der Waals surface area contributed by atoms with Gasteiger partial charge in [0, 0.05) is 0 Å². The molecule has 0 atom stereocenters. The standard InChI is InChI=1S/C13H9O2Si2/c16-15-17-14-13-11-7-3-1-5-9(11)10-6-2-4-8-12(10)13/h1-8,13H. The van der Waals surface area contributed by atoms with Gasteiger partial charge in [-0.05, 0) is 22.3 Å². The fraction of sp³-hybridized carbons (Fsp3) is 0.0769. The van der Waals surface area contributed by atoms with Crippen molar-refractivity contribution in [3.8, 4) is 11.1 Å². The van der Waals surface area contributed by atoms with Crippen molar-refractivity contribution in [2.45, 2.75) is 6.10 Å². The van der Waals surface area contributed by atoms with E-state index in [0.717, 1.165) is 0 Å². The lowest BCUT2D eigenvalue weighted by molar-refractivity contribution is 0.234. The van der Waals surface area contributed by atoms with Crippen LogP contribution >= 0.6 is 0 Å². The van der Waals surface area contributed by atoms with Gasteiger partial charge in [-0.15, -0.1) is 0 Å². The zero-order valence-corrected chi connectivity index (χ0v) is 11.0. The van der Waals surface area contributed by atoms with Crippen LogP contribution in [0.4, 0.5) is 0 Å². The predicted octanol–water partition coefficient (Wildman–Crippen LogP) is 2.41. The number of rotatable bonds is 3. The van der Waals surface area contributed by atoms with E-state index in [0.29, 0.717) is 0 Å². The average molecular weight is 253 g/mol. The van der Waals surface area contributed by atoms with E-state index < -0.39 is 0 Å². The molecule has 2 aromatic rings. The fourth-order valence-electron chi connectivity index (χ4n) is 2.31. The van der Waals surface area contributed by atoms with Gasteiger partial charge in [0.05, 0.1) is 6.10 Å². The monoisotopic (exact) mass is 253 g/mol. The molecule has 0 spiro atoms. The minimum Gasteiger partial charge on any atom is -0.435 e. The second kappa shape index (κ2) is 4.58. The lowest BCUT2D eigenvalue weighted by Gasteiger charge is -2.13. The molecule has 0 saturated carbocycles. The SMILES string of the molecule is [Si]O[Si]OC1c2ccccc2-c2ccccc21. The van der Waals surface area contributed by atoms with Gasteiger partial charge < -0.3 is 8.54 Å². The quantitative estimate of drug-likeness (QED) is 0.782. The Bertz CT molecular complexity index is 497. The molecule has 2 nitrogen and oxygen atoms in total. The maximum atomic E-state index is 5.76. The largest absolute Gasteiger partial charge is 0.435 e. The normalized spacial score (nSPS) is 13.5. The van der Waals surface area contributed by atoms with Crippen molar-refractivity contribution < 1.29 is 8.54 Å². The van der Waals surface area contributed by atoms with E-state index in [9.17, 15) is 0 Å². The van der Waals surface area contributed by atoms with Gasteiger partial charge in [-0.1, -0.05) is 48.5 Å². The van der Waals surface area contributed by atoms with Gasteiger partial charge in [-0.25, -0.2) is 0 Å². The first kappa shape index (κ1) is 10.9. The van der Waals surface area contributed by atoms with Crippen LogP contribution in [0.5, 0.6) is 0 Å². The molecule has 17 heavy (non-hydrogen) atoms. The molecule has 0 heterocycles. The molecule has 0 aromatic heterocycles. The molecule has 1 aliphatic rings. The maximum Gasteiger partial charge on any atom is 0.422 e. The summed E-state index contributed by atoms with van der Waals surface area (Å²) in [6, 6.07) is 16.7. The lowest BCUT2D eigenvalue weighted by atomic mass is 10.1. The number of benzene rings is 2. The van der Waals surface area contributed by atoms with Crippen LogP contribution in [0.1, 0.15) is 17.2 Å². The second-order valence-corrected chi connectivity index (χ2v) is 5.08. The summed E-state index contributed by atoms with van der Waals surface area (Å²) in [4.78, 5) is 0. The topological polar surface area (TPSA) is 18.5 Å². The molecule has 0 fully saturated rings. The summed E-state index contributed by atoms with van der Waals surface area (Å²) < 4.78 is 10.6. The first-order valence-corrected chi connectivity index (χ1v) is 6.55. The van der Waals surface area contributed by atoms with E-state index in [1.54, 1.807) is 0 Å². The third kappa shape index (κ3) is 1.79. The molecule has 1 aliphatic carbocycles. The van der Waals surface area contributed by atoms with Crippen LogP contribution in [0.3, 0.4) is 0 Å². The third-order valence-electron chi connectivity index (χ3n) is 2.98. The van der Waals surface area contributed by atoms with Crippen molar-refractivity contribution in [1.82, 2.24) is 0 Å². The van der Waals surface area contributed by atoms with E-state index in [-0.39, 0.29) is 16.1 Å². The molecule has 81 valence electrons. The van der Waals surface area contributed by atoms with Crippen molar-refractivity contribution >= 4 is 20.5 Å². The Balaban J connectivity index is 2.10. The Morgan fingerprint density at radius 2 is 1.41 bits per heavy atom. The summed E-state index contributed by atoms with van der Waals surface area (Å²) in [5, 5.41) is 0. The number of fused-ring (bicyclic) bond motifs is 3. The Hall–Kier alpha value is -1.21. The third-order valence-corrected chi connectivity index (χ3v) is 3.65. The van der Waals surface area contributed by atoms with Crippen molar-refractivity contribution in [2.75, 3.05) is 0 Å². The molecule has 5 radical (unpaired) electrons. The summed E-state index contributed by atoms with van der Waals surface area (Å²) in [7, 11) is 2.96. The van der Waals surface area contributed by atoms with Crippen LogP contribution in [0.2, 0.25) is 0 Å². The molecular weight excluding hydrogens is 244 g/mol. The van der Waals surface area contributed by atoms with Crippen LogP contribution in [0, 0.1) is 0 Å². The molecule has 4 heteroatoms. The minimum atomic E-state index is -0.0166. The van der Waals surface area contributed by atoms with Crippen LogP contribution < -0.4 is 0 Å².